The number of amides is 1. The van der Waals surface area contributed by atoms with Crippen LogP contribution in [0.15, 0.2) is 42.5 Å². The number of rotatable bonds is 3. The summed E-state index contributed by atoms with van der Waals surface area (Å²) in [6, 6.07) is 14.1. The lowest BCUT2D eigenvalue weighted by Gasteiger charge is -2.11. The molecule has 0 fully saturated rings. The summed E-state index contributed by atoms with van der Waals surface area (Å²) in [6.45, 7) is 4.07. The van der Waals surface area contributed by atoms with E-state index in [1.54, 1.807) is 0 Å². The zero-order valence-electron chi connectivity index (χ0n) is 10.2. The van der Waals surface area contributed by atoms with Crippen LogP contribution in [0.1, 0.15) is 30.6 Å². The molecule has 2 rings (SSSR count). The van der Waals surface area contributed by atoms with Gasteiger partial charge in [-0.15, -0.1) is 0 Å². The molecular weight excluding hydrogens is 210 g/mol. The summed E-state index contributed by atoms with van der Waals surface area (Å²) >= 11 is 0. The molecule has 88 valence electrons. The number of fused-ring (bicyclic) bond motifs is 1. The second-order valence-corrected chi connectivity index (χ2v) is 4.34. The second-order valence-electron chi connectivity index (χ2n) is 4.34. The number of carbonyl (C=O) groups excluding carboxylic acids is 1. The first-order valence-corrected chi connectivity index (χ1v) is 6.00. The molecule has 0 aliphatic rings. The van der Waals surface area contributed by atoms with Gasteiger partial charge in [-0.2, -0.15) is 0 Å². The molecule has 17 heavy (non-hydrogen) atoms. The van der Waals surface area contributed by atoms with Crippen LogP contribution in [-0.4, -0.2) is 11.9 Å². The zero-order chi connectivity index (χ0) is 12.3. The SMILES string of the molecule is CCC(C)NC(=O)c1ccc2ccccc2c1. The maximum absolute atomic E-state index is 11.9. The van der Waals surface area contributed by atoms with Crippen molar-refractivity contribution in [1.29, 1.82) is 0 Å². The van der Waals surface area contributed by atoms with Gasteiger partial charge in [-0.05, 0) is 36.2 Å². The van der Waals surface area contributed by atoms with E-state index in [1.165, 1.54) is 0 Å². The Morgan fingerprint density at radius 1 is 1.18 bits per heavy atom. The number of hydrogen-bond donors (Lipinski definition) is 1. The van der Waals surface area contributed by atoms with Gasteiger partial charge < -0.3 is 5.32 Å². The highest BCUT2D eigenvalue weighted by molar-refractivity contribution is 5.98. The summed E-state index contributed by atoms with van der Waals surface area (Å²) in [5, 5.41) is 5.23. The van der Waals surface area contributed by atoms with Crippen molar-refractivity contribution in [3.63, 3.8) is 0 Å². The van der Waals surface area contributed by atoms with Crippen molar-refractivity contribution in [1.82, 2.24) is 5.32 Å². The van der Waals surface area contributed by atoms with E-state index in [-0.39, 0.29) is 11.9 Å². The molecule has 2 heteroatoms. The number of hydrogen-bond acceptors (Lipinski definition) is 1. The normalized spacial score (nSPS) is 12.4. The van der Waals surface area contributed by atoms with Crippen LogP contribution in [0, 0.1) is 0 Å². The molecule has 1 atom stereocenters. The highest BCUT2D eigenvalue weighted by atomic mass is 16.1. The van der Waals surface area contributed by atoms with E-state index in [2.05, 4.69) is 12.2 Å². The highest BCUT2D eigenvalue weighted by Crippen LogP contribution is 2.15. The van der Waals surface area contributed by atoms with E-state index >= 15 is 0 Å². The lowest BCUT2D eigenvalue weighted by atomic mass is 10.1. The molecule has 1 amide bonds. The molecule has 0 aliphatic carbocycles. The molecule has 0 aliphatic heterocycles. The van der Waals surface area contributed by atoms with Crippen LogP contribution in [-0.2, 0) is 0 Å². The summed E-state index contributed by atoms with van der Waals surface area (Å²) in [5.41, 5.74) is 0.726. The summed E-state index contributed by atoms with van der Waals surface area (Å²) in [7, 11) is 0. The Kier molecular flexibility index (Phi) is 3.43. The van der Waals surface area contributed by atoms with Gasteiger partial charge in [-0.25, -0.2) is 0 Å². The molecule has 2 aromatic rings. The predicted octanol–water partition coefficient (Wildman–Crippen LogP) is 3.37. The smallest absolute Gasteiger partial charge is 0.251 e. The summed E-state index contributed by atoms with van der Waals surface area (Å²) < 4.78 is 0. The molecule has 0 saturated carbocycles. The van der Waals surface area contributed by atoms with Crippen molar-refractivity contribution in [2.75, 3.05) is 0 Å². The van der Waals surface area contributed by atoms with E-state index < -0.39 is 0 Å². The van der Waals surface area contributed by atoms with Crippen molar-refractivity contribution in [3.05, 3.63) is 48.0 Å². The Bertz CT molecular complexity index is 533. The summed E-state index contributed by atoms with van der Waals surface area (Å²) in [5.74, 6) is 0.00473. The number of nitrogens with one attached hydrogen (secondary N) is 1. The minimum Gasteiger partial charge on any atom is -0.350 e. The van der Waals surface area contributed by atoms with E-state index in [4.69, 9.17) is 0 Å². The Labute approximate surface area is 102 Å². The van der Waals surface area contributed by atoms with Crippen LogP contribution in [0.3, 0.4) is 0 Å². The van der Waals surface area contributed by atoms with E-state index in [1.807, 2.05) is 49.4 Å². The topological polar surface area (TPSA) is 29.1 Å². The van der Waals surface area contributed by atoms with Gasteiger partial charge >= 0.3 is 0 Å². The molecule has 1 N–H and O–H groups in total. The molecule has 0 spiro atoms. The van der Waals surface area contributed by atoms with Gasteiger partial charge in [0.05, 0.1) is 0 Å². The number of carbonyl (C=O) groups is 1. The maximum Gasteiger partial charge on any atom is 0.251 e. The van der Waals surface area contributed by atoms with Crippen LogP contribution < -0.4 is 5.32 Å². The lowest BCUT2D eigenvalue weighted by molar-refractivity contribution is 0.0939. The quantitative estimate of drug-likeness (QED) is 0.855. The molecule has 1 unspecified atom stereocenters. The fourth-order valence-corrected chi connectivity index (χ4v) is 1.74. The summed E-state index contributed by atoms with van der Waals surface area (Å²) in [4.78, 5) is 11.9. The van der Waals surface area contributed by atoms with E-state index in [0.29, 0.717) is 0 Å². The molecular formula is C15H17NO. The first-order valence-electron chi connectivity index (χ1n) is 6.00. The van der Waals surface area contributed by atoms with Gasteiger partial charge in [0, 0.05) is 11.6 Å². The van der Waals surface area contributed by atoms with Crippen molar-refractivity contribution < 1.29 is 4.79 Å². The van der Waals surface area contributed by atoms with Crippen LogP contribution in [0.25, 0.3) is 10.8 Å². The van der Waals surface area contributed by atoms with Crippen molar-refractivity contribution in [2.45, 2.75) is 26.3 Å². The van der Waals surface area contributed by atoms with Crippen LogP contribution >= 0.6 is 0 Å². The third-order valence-electron chi connectivity index (χ3n) is 3.00. The maximum atomic E-state index is 11.9. The molecule has 0 aromatic heterocycles. The molecule has 0 heterocycles. The zero-order valence-corrected chi connectivity index (χ0v) is 10.2. The standard InChI is InChI=1S/C15H17NO/c1-3-11(2)16-15(17)14-9-8-12-6-4-5-7-13(12)10-14/h4-11H,3H2,1-2H3,(H,16,17). The van der Waals surface area contributed by atoms with Crippen LogP contribution in [0.2, 0.25) is 0 Å². The largest absolute Gasteiger partial charge is 0.350 e. The minimum atomic E-state index is 0.00473. The van der Waals surface area contributed by atoms with Crippen LogP contribution in [0.5, 0.6) is 0 Å². The minimum absolute atomic E-state index is 0.00473. The molecule has 2 nitrogen and oxygen atoms in total. The molecule has 0 radical (unpaired) electrons. The fourth-order valence-electron chi connectivity index (χ4n) is 1.74. The monoisotopic (exact) mass is 227 g/mol. The van der Waals surface area contributed by atoms with Crippen molar-refractivity contribution in [2.24, 2.45) is 0 Å². The van der Waals surface area contributed by atoms with Gasteiger partial charge in [0.15, 0.2) is 0 Å². The van der Waals surface area contributed by atoms with Crippen molar-refractivity contribution in [3.8, 4) is 0 Å². The average Bonchev–Trinajstić information content (AvgIpc) is 2.38. The molecule has 2 aromatic carbocycles. The Hall–Kier alpha value is -1.83. The van der Waals surface area contributed by atoms with Gasteiger partial charge in [0.1, 0.15) is 0 Å². The van der Waals surface area contributed by atoms with Crippen LogP contribution in [0.4, 0.5) is 0 Å². The molecule has 0 bridgehead atoms. The second kappa shape index (κ2) is 5.00. The first kappa shape index (κ1) is 11.6. The Balaban J connectivity index is 2.27. The summed E-state index contributed by atoms with van der Waals surface area (Å²) in [6.07, 6.45) is 0.944. The van der Waals surface area contributed by atoms with Crippen molar-refractivity contribution >= 4 is 16.7 Å². The Morgan fingerprint density at radius 3 is 2.59 bits per heavy atom. The van der Waals surface area contributed by atoms with Gasteiger partial charge in [-0.1, -0.05) is 37.3 Å². The lowest BCUT2D eigenvalue weighted by Crippen LogP contribution is -2.31. The average molecular weight is 227 g/mol. The first-order chi connectivity index (χ1) is 8.20. The molecule has 0 saturated heterocycles. The highest BCUT2D eigenvalue weighted by Gasteiger charge is 2.08. The third kappa shape index (κ3) is 2.64. The van der Waals surface area contributed by atoms with Gasteiger partial charge in [-0.3, -0.25) is 4.79 Å². The van der Waals surface area contributed by atoms with Gasteiger partial charge in [0.25, 0.3) is 5.91 Å². The predicted molar refractivity (Wildman–Crippen MR) is 71.2 cm³/mol. The van der Waals surface area contributed by atoms with Gasteiger partial charge in [0.2, 0.25) is 0 Å². The third-order valence-corrected chi connectivity index (χ3v) is 3.00. The fraction of sp³-hybridized carbons (Fsp3) is 0.267. The van der Waals surface area contributed by atoms with E-state index in [9.17, 15) is 4.79 Å². The number of benzene rings is 2. The Morgan fingerprint density at radius 2 is 1.88 bits per heavy atom. The van der Waals surface area contributed by atoms with E-state index in [0.717, 1.165) is 22.8 Å².